The van der Waals surface area contributed by atoms with E-state index >= 15 is 0 Å². The van der Waals surface area contributed by atoms with Gasteiger partial charge < -0.3 is 10.1 Å². The largest absolute Gasteiger partial charge is 0.477 e. The average Bonchev–Trinajstić information content (AvgIpc) is 2.99. The normalized spacial score (nSPS) is 10.8. The van der Waals surface area contributed by atoms with Gasteiger partial charge in [-0.3, -0.25) is 4.79 Å². The maximum Gasteiger partial charge on any atom is 0.271 e. The third-order valence-corrected chi connectivity index (χ3v) is 3.84. The predicted octanol–water partition coefficient (Wildman–Crippen LogP) is 2.67. The zero-order valence-electron chi connectivity index (χ0n) is 14.0. The van der Waals surface area contributed by atoms with Crippen LogP contribution in [-0.4, -0.2) is 27.1 Å². The highest BCUT2D eigenvalue weighted by atomic mass is 16.5. The molecule has 0 aliphatic rings. The Morgan fingerprint density at radius 3 is 2.79 bits per heavy atom. The number of aromatic nitrogens is 3. The van der Waals surface area contributed by atoms with Gasteiger partial charge in [0.15, 0.2) is 5.65 Å². The van der Waals surface area contributed by atoms with Crippen LogP contribution in [0.2, 0.25) is 0 Å². The molecule has 3 aromatic rings. The molecule has 124 valence electrons. The fourth-order valence-corrected chi connectivity index (χ4v) is 2.39. The number of carbonyl (C=O) groups excluding carboxylic acids is 1. The number of benzene rings is 1. The monoisotopic (exact) mass is 324 g/mol. The fraction of sp³-hybridized carbons (Fsp3) is 0.278. The smallest absolute Gasteiger partial charge is 0.271 e. The van der Waals surface area contributed by atoms with E-state index in [2.05, 4.69) is 41.4 Å². The molecule has 0 saturated carbocycles. The van der Waals surface area contributed by atoms with Gasteiger partial charge in [-0.1, -0.05) is 18.2 Å². The van der Waals surface area contributed by atoms with E-state index in [0.717, 1.165) is 5.56 Å². The minimum absolute atomic E-state index is 0.225. The van der Waals surface area contributed by atoms with Gasteiger partial charge in [0.1, 0.15) is 5.69 Å². The molecular formula is C18H20N4O2. The SMILES string of the molecule is CCOc1ccc2nc(C(=O)NCc3ccc(C)c(C)c3)cn2n1. The first kappa shape index (κ1) is 16.0. The lowest BCUT2D eigenvalue weighted by Crippen LogP contribution is -2.23. The molecule has 0 bridgehead atoms. The number of aryl methyl sites for hydroxylation is 2. The second kappa shape index (κ2) is 6.70. The summed E-state index contributed by atoms with van der Waals surface area (Å²) in [5, 5.41) is 7.15. The first-order valence-electron chi connectivity index (χ1n) is 7.90. The van der Waals surface area contributed by atoms with Crippen molar-refractivity contribution in [3.63, 3.8) is 0 Å². The van der Waals surface area contributed by atoms with Crippen LogP contribution >= 0.6 is 0 Å². The molecule has 0 aliphatic heterocycles. The lowest BCUT2D eigenvalue weighted by molar-refractivity contribution is 0.0946. The molecule has 0 saturated heterocycles. The summed E-state index contributed by atoms with van der Waals surface area (Å²) in [5.41, 5.74) is 4.45. The molecule has 1 aromatic carbocycles. The highest BCUT2D eigenvalue weighted by Crippen LogP contribution is 2.11. The lowest BCUT2D eigenvalue weighted by atomic mass is 10.1. The molecule has 3 rings (SSSR count). The molecule has 1 N–H and O–H groups in total. The third kappa shape index (κ3) is 3.37. The van der Waals surface area contributed by atoms with E-state index in [9.17, 15) is 4.79 Å². The van der Waals surface area contributed by atoms with Crippen molar-refractivity contribution < 1.29 is 9.53 Å². The molecule has 0 atom stereocenters. The van der Waals surface area contributed by atoms with E-state index in [0.29, 0.717) is 30.4 Å². The standard InChI is InChI=1S/C18H20N4O2/c1-4-24-17-8-7-16-20-15(11-22(16)21-17)18(23)19-10-14-6-5-12(2)13(3)9-14/h5-9,11H,4,10H2,1-3H3,(H,19,23). The fourth-order valence-electron chi connectivity index (χ4n) is 2.39. The maximum absolute atomic E-state index is 12.3. The Morgan fingerprint density at radius 1 is 1.21 bits per heavy atom. The molecule has 24 heavy (non-hydrogen) atoms. The molecule has 6 nitrogen and oxygen atoms in total. The zero-order chi connectivity index (χ0) is 17.1. The van der Waals surface area contributed by atoms with Gasteiger partial charge in [-0.25, -0.2) is 9.50 Å². The van der Waals surface area contributed by atoms with Crippen molar-refractivity contribution in [1.29, 1.82) is 0 Å². The molecule has 0 fully saturated rings. The van der Waals surface area contributed by atoms with Gasteiger partial charge in [0.25, 0.3) is 5.91 Å². The van der Waals surface area contributed by atoms with Crippen LogP contribution in [0, 0.1) is 13.8 Å². The number of ether oxygens (including phenoxy) is 1. The summed E-state index contributed by atoms with van der Waals surface area (Å²) in [6.45, 7) is 7.02. The number of fused-ring (bicyclic) bond motifs is 1. The van der Waals surface area contributed by atoms with Crippen LogP contribution < -0.4 is 10.1 Å². The minimum Gasteiger partial charge on any atom is -0.477 e. The quantitative estimate of drug-likeness (QED) is 0.783. The van der Waals surface area contributed by atoms with Crippen molar-refractivity contribution in [3.8, 4) is 5.88 Å². The van der Waals surface area contributed by atoms with Crippen LogP contribution in [0.4, 0.5) is 0 Å². The molecule has 0 radical (unpaired) electrons. The van der Waals surface area contributed by atoms with Gasteiger partial charge in [-0.2, -0.15) is 0 Å². The van der Waals surface area contributed by atoms with Crippen LogP contribution in [0.25, 0.3) is 5.65 Å². The predicted molar refractivity (Wildman–Crippen MR) is 91.2 cm³/mol. The van der Waals surface area contributed by atoms with Gasteiger partial charge in [0.2, 0.25) is 5.88 Å². The van der Waals surface area contributed by atoms with Gasteiger partial charge in [0, 0.05) is 12.6 Å². The maximum atomic E-state index is 12.3. The summed E-state index contributed by atoms with van der Waals surface area (Å²) in [7, 11) is 0. The van der Waals surface area contributed by atoms with Crippen LogP contribution in [0.5, 0.6) is 5.88 Å². The number of hydrogen-bond acceptors (Lipinski definition) is 4. The Morgan fingerprint density at radius 2 is 2.04 bits per heavy atom. The number of nitrogens with zero attached hydrogens (tertiary/aromatic N) is 3. The van der Waals surface area contributed by atoms with Crippen molar-refractivity contribution >= 4 is 11.6 Å². The second-order valence-electron chi connectivity index (χ2n) is 5.63. The minimum atomic E-state index is -0.225. The molecule has 6 heteroatoms. The van der Waals surface area contributed by atoms with Crippen molar-refractivity contribution in [2.24, 2.45) is 0 Å². The Bertz CT molecular complexity index is 886. The van der Waals surface area contributed by atoms with Crippen LogP contribution in [0.15, 0.2) is 36.5 Å². The van der Waals surface area contributed by atoms with Gasteiger partial charge in [-0.15, -0.1) is 5.10 Å². The van der Waals surface area contributed by atoms with Crippen molar-refractivity contribution in [1.82, 2.24) is 19.9 Å². The number of carbonyl (C=O) groups is 1. The summed E-state index contributed by atoms with van der Waals surface area (Å²) < 4.78 is 6.90. The molecule has 2 heterocycles. The summed E-state index contributed by atoms with van der Waals surface area (Å²) in [6.07, 6.45) is 1.60. The Hall–Kier alpha value is -2.89. The lowest BCUT2D eigenvalue weighted by Gasteiger charge is -2.06. The van der Waals surface area contributed by atoms with Crippen molar-refractivity contribution in [3.05, 3.63) is 58.9 Å². The van der Waals surface area contributed by atoms with E-state index in [1.54, 1.807) is 22.8 Å². The van der Waals surface area contributed by atoms with Gasteiger partial charge >= 0.3 is 0 Å². The molecule has 0 aliphatic carbocycles. The molecule has 2 aromatic heterocycles. The van der Waals surface area contributed by atoms with Crippen LogP contribution in [-0.2, 0) is 6.54 Å². The number of nitrogens with one attached hydrogen (secondary N) is 1. The highest BCUT2D eigenvalue weighted by Gasteiger charge is 2.12. The van der Waals surface area contributed by atoms with E-state index < -0.39 is 0 Å². The molecular weight excluding hydrogens is 304 g/mol. The number of hydrogen-bond donors (Lipinski definition) is 1. The van der Waals surface area contributed by atoms with Gasteiger partial charge in [0.05, 0.1) is 12.8 Å². The zero-order valence-corrected chi connectivity index (χ0v) is 14.0. The number of amides is 1. The molecule has 1 amide bonds. The second-order valence-corrected chi connectivity index (χ2v) is 5.63. The van der Waals surface area contributed by atoms with E-state index in [-0.39, 0.29) is 5.91 Å². The van der Waals surface area contributed by atoms with Crippen molar-refractivity contribution in [2.45, 2.75) is 27.3 Å². The summed E-state index contributed by atoms with van der Waals surface area (Å²) in [5.74, 6) is 0.279. The Kier molecular flexibility index (Phi) is 4.46. The van der Waals surface area contributed by atoms with Gasteiger partial charge in [-0.05, 0) is 43.5 Å². The first-order chi connectivity index (χ1) is 11.6. The number of imidazole rings is 1. The average molecular weight is 324 g/mol. The van der Waals surface area contributed by atoms with Crippen LogP contribution in [0.3, 0.4) is 0 Å². The third-order valence-electron chi connectivity index (χ3n) is 3.84. The topological polar surface area (TPSA) is 68.5 Å². The summed E-state index contributed by atoms with van der Waals surface area (Å²) >= 11 is 0. The summed E-state index contributed by atoms with van der Waals surface area (Å²) in [4.78, 5) is 16.6. The van der Waals surface area contributed by atoms with Crippen LogP contribution in [0.1, 0.15) is 34.1 Å². The Balaban J connectivity index is 1.72. The Labute approximate surface area is 140 Å². The number of rotatable bonds is 5. The highest BCUT2D eigenvalue weighted by molar-refractivity contribution is 5.92. The first-order valence-corrected chi connectivity index (χ1v) is 7.90. The van der Waals surface area contributed by atoms with E-state index in [1.165, 1.54) is 11.1 Å². The van der Waals surface area contributed by atoms with E-state index in [4.69, 9.17) is 4.74 Å². The molecule has 0 unspecified atom stereocenters. The molecule has 0 spiro atoms. The van der Waals surface area contributed by atoms with E-state index in [1.807, 2.05) is 13.0 Å². The van der Waals surface area contributed by atoms with Crippen molar-refractivity contribution in [2.75, 3.05) is 6.61 Å². The summed E-state index contributed by atoms with van der Waals surface area (Å²) in [6, 6.07) is 9.67.